The van der Waals surface area contributed by atoms with Crippen LogP contribution >= 0.6 is 0 Å². The highest BCUT2D eigenvalue weighted by Gasteiger charge is 2.51. The van der Waals surface area contributed by atoms with Gasteiger partial charge in [-0.3, -0.25) is 19.7 Å². The lowest BCUT2D eigenvalue weighted by Gasteiger charge is -2.39. The molecule has 2 atom stereocenters. The first-order chi connectivity index (χ1) is 11.6. The first-order valence-corrected chi connectivity index (χ1v) is 8.45. The largest absolute Gasteiger partial charge is 0.331 e. The molecular weight excluding hydrogens is 322 g/mol. The molecule has 2 aliphatic rings. The Kier molecular flexibility index (Phi) is 4.05. The Labute approximate surface area is 146 Å². The minimum atomic E-state index is -0.692. The Morgan fingerprint density at radius 2 is 1.84 bits per heavy atom. The number of hydrogen-bond donors (Lipinski definition) is 1. The van der Waals surface area contributed by atoms with E-state index in [0.29, 0.717) is 12.2 Å². The van der Waals surface area contributed by atoms with Crippen LogP contribution in [0.2, 0.25) is 0 Å². The Morgan fingerprint density at radius 3 is 2.44 bits per heavy atom. The lowest BCUT2D eigenvalue weighted by molar-refractivity contribution is -0.384. The number of benzene rings is 1. The smallest absolute Gasteiger partial charge is 0.313 e. The van der Waals surface area contributed by atoms with Crippen molar-refractivity contribution in [1.29, 1.82) is 0 Å². The quantitative estimate of drug-likeness (QED) is 0.507. The number of nitrogens with one attached hydrogen (secondary N) is 1. The summed E-state index contributed by atoms with van der Waals surface area (Å²) in [5.74, 6) is -1.22. The Balaban J connectivity index is 1.69. The van der Waals surface area contributed by atoms with Crippen molar-refractivity contribution < 1.29 is 14.5 Å². The molecular formula is C18H23N3O4. The van der Waals surface area contributed by atoms with E-state index in [0.717, 1.165) is 19.3 Å². The van der Waals surface area contributed by atoms with Crippen LogP contribution in [-0.2, 0) is 9.59 Å². The van der Waals surface area contributed by atoms with E-state index < -0.39 is 16.7 Å². The number of likely N-dealkylation sites (tertiary alicyclic amines) is 1. The first kappa shape index (κ1) is 17.4. The Morgan fingerprint density at radius 1 is 1.20 bits per heavy atom. The third-order valence-corrected chi connectivity index (χ3v) is 5.21. The molecule has 7 nitrogen and oxygen atoms in total. The molecule has 7 heteroatoms. The van der Waals surface area contributed by atoms with Crippen molar-refractivity contribution in [3.8, 4) is 0 Å². The fraction of sp³-hybridized carbons (Fsp3) is 0.556. The number of amides is 2. The molecule has 25 heavy (non-hydrogen) atoms. The van der Waals surface area contributed by atoms with Gasteiger partial charge in [0.1, 0.15) is 0 Å². The second kappa shape index (κ2) is 5.82. The zero-order valence-corrected chi connectivity index (χ0v) is 14.7. The highest BCUT2D eigenvalue weighted by atomic mass is 16.6. The number of fused-ring (bicyclic) bond motifs is 2. The molecule has 1 saturated heterocycles. The molecule has 1 heterocycles. The molecule has 2 bridgehead atoms. The number of carbonyl (C=O) groups excluding carboxylic acids is 2. The number of nitro groups is 1. The van der Waals surface area contributed by atoms with Crippen LogP contribution in [0.15, 0.2) is 24.3 Å². The number of nitrogens with zero attached hydrogens (tertiary/aromatic N) is 2. The monoisotopic (exact) mass is 345 g/mol. The molecule has 3 rings (SSSR count). The first-order valence-electron chi connectivity index (χ1n) is 8.45. The highest BCUT2D eigenvalue weighted by molar-refractivity contribution is 6.39. The van der Waals surface area contributed by atoms with E-state index in [4.69, 9.17) is 0 Å². The number of hydrogen-bond acceptors (Lipinski definition) is 4. The second-order valence-corrected chi connectivity index (χ2v) is 8.40. The van der Waals surface area contributed by atoms with E-state index in [-0.39, 0.29) is 22.6 Å². The van der Waals surface area contributed by atoms with Crippen molar-refractivity contribution in [3.05, 3.63) is 34.4 Å². The fourth-order valence-electron chi connectivity index (χ4n) is 4.68. The number of carbonyl (C=O) groups is 2. The molecule has 0 radical (unpaired) electrons. The topological polar surface area (TPSA) is 92.6 Å². The predicted molar refractivity (Wildman–Crippen MR) is 93.0 cm³/mol. The van der Waals surface area contributed by atoms with Gasteiger partial charge < -0.3 is 10.2 Å². The van der Waals surface area contributed by atoms with Crippen molar-refractivity contribution in [1.82, 2.24) is 4.90 Å². The van der Waals surface area contributed by atoms with E-state index in [1.165, 1.54) is 24.3 Å². The molecule has 0 aromatic heterocycles. The van der Waals surface area contributed by atoms with Gasteiger partial charge in [0.15, 0.2) is 0 Å². The molecule has 2 amide bonds. The zero-order chi connectivity index (χ0) is 18.4. The average Bonchev–Trinajstić information content (AvgIpc) is 2.76. The second-order valence-electron chi connectivity index (χ2n) is 8.40. The maximum Gasteiger partial charge on any atom is 0.313 e. The van der Waals surface area contributed by atoms with Crippen LogP contribution in [0.25, 0.3) is 0 Å². The highest BCUT2D eigenvalue weighted by Crippen LogP contribution is 2.52. The van der Waals surface area contributed by atoms with Gasteiger partial charge in [-0.2, -0.15) is 0 Å². The van der Waals surface area contributed by atoms with E-state index in [9.17, 15) is 19.7 Å². The van der Waals surface area contributed by atoms with Gasteiger partial charge in [-0.05, 0) is 42.2 Å². The molecule has 1 aromatic carbocycles. The summed E-state index contributed by atoms with van der Waals surface area (Å²) in [4.78, 5) is 36.8. The van der Waals surface area contributed by atoms with E-state index in [1.807, 2.05) is 0 Å². The summed E-state index contributed by atoms with van der Waals surface area (Å²) in [6.45, 7) is 7.21. The zero-order valence-electron chi connectivity index (χ0n) is 14.7. The standard InChI is InChI=1S/C18H23N3O4/c1-17(2)8-14-9-18(3,10-17)11-20(14)16(23)15(22)19-12-4-6-13(7-5-12)21(24)25/h4-7,14H,8-11H2,1-3H3,(H,19,22). The molecule has 0 spiro atoms. The van der Waals surface area contributed by atoms with Gasteiger partial charge in [-0.25, -0.2) is 0 Å². The van der Waals surface area contributed by atoms with Crippen molar-refractivity contribution >= 4 is 23.2 Å². The maximum absolute atomic E-state index is 12.6. The van der Waals surface area contributed by atoms with Gasteiger partial charge in [0.05, 0.1) is 4.92 Å². The van der Waals surface area contributed by atoms with Crippen LogP contribution in [0.1, 0.15) is 40.0 Å². The number of non-ortho nitro benzene ring substituents is 1. The van der Waals surface area contributed by atoms with Crippen LogP contribution in [0.4, 0.5) is 11.4 Å². The van der Waals surface area contributed by atoms with Gasteiger partial charge in [-0.1, -0.05) is 20.8 Å². The number of rotatable bonds is 2. The lowest BCUT2D eigenvalue weighted by Crippen LogP contribution is -2.43. The van der Waals surface area contributed by atoms with E-state index >= 15 is 0 Å². The summed E-state index contributed by atoms with van der Waals surface area (Å²) >= 11 is 0. The van der Waals surface area contributed by atoms with Crippen LogP contribution in [0.5, 0.6) is 0 Å². The predicted octanol–water partition coefficient (Wildman–Crippen LogP) is 2.96. The average molecular weight is 345 g/mol. The van der Waals surface area contributed by atoms with Crippen molar-refractivity contribution in [2.45, 2.75) is 46.1 Å². The van der Waals surface area contributed by atoms with Gasteiger partial charge in [0.2, 0.25) is 0 Å². The molecule has 1 aliphatic carbocycles. The van der Waals surface area contributed by atoms with E-state index in [2.05, 4.69) is 26.1 Å². The summed E-state index contributed by atoms with van der Waals surface area (Å²) in [5, 5.41) is 13.2. The van der Waals surface area contributed by atoms with Crippen LogP contribution in [-0.4, -0.2) is 34.2 Å². The SMILES string of the molecule is CC1(C)CC2CC(C)(CN2C(=O)C(=O)Nc2ccc([N+](=O)[O-])cc2)C1. The van der Waals surface area contributed by atoms with Gasteiger partial charge >= 0.3 is 11.8 Å². The molecule has 1 saturated carbocycles. The van der Waals surface area contributed by atoms with Crippen LogP contribution in [0, 0.1) is 20.9 Å². The summed E-state index contributed by atoms with van der Waals surface area (Å²) in [6, 6.07) is 5.55. The molecule has 134 valence electrons. The van der Waals surface area contributed by atoms with Gasteiger partial charge in [0.25, 0.3) is 5.69 Å². The fourth-order valence-corrected chi connectivity index (χ4v) is 4.68. The lowest BCUT2D eigenvalue weighted by atomic mass is 9.65. The summed E-state index contributed by atoms with van der Waals surface area (Å²) < 4.78 is 0. The number of nitro benzene ring substituents is 1. The summed E-state index contributed by atoms with van der Waals surface area (Å²) in [7, 11) is 0. The third-order valence-electron chi connectivity index (χ3n) is 5.21. The molecule has 1 aliphatic heterocycles. The molecule has 2 fully saturated rings. The molecule has 1 N–H and O–H groups in total. The van der Waals surface area contributed by atoms with Crippen molar-refractivity contribution in [3.63, 3.8) is 0 Å². The van der Waals surface area contributed by atoms with E-state index in [1.54, 1.807) is 4.90 Å². The van der Waals surface area contributed by atoms with Crippen LogP contribution < -0.4 is 5.32 Å². The minimum absolute atomic E-state index is 0.0622. The maximum atomic E-state index is 12.6. The van der Waals surface area contributed by atoms with Gasteiger partial charge in [-0.15, -0.1) is 0 Å². The Bertz CT molecular complexity index is 728. The third kappa shape index (κ3) is 3.50. The minimum Gasteiger partial charge on any atom is -0.331 e. The van der Waals surface area contributed by atoms with Crippen molar-refractivity contribution in [2.75, 3.05) is 11.9 Å². The summed E-state index contributed by atoms with van der Waals surface area (Å²) in [6.07, 6.45) is 2.89. The van der Waals surface area contributed by atoms with Crippen LogP contribution in [0.3, 0.4) is 0 Å². The Hall–Kier alpha value is -2.44. The number of anilines is 1. The summed E-state index contributed by atoms with van der Waals surface area (Å²) in [5.41, 5.74) is 0.544. The van der Waals surface area contributed by atoms with Crippen molar-refractivity contribution in [2.24, 2.45) is 10.8 Å². The normalized spacial score (nSPS) is 27.0. The molecule has 1 aromatic rings. The molecule has 2 unspecified atom stereocenters. The van der Waals surface area contributed by atoms with Gasteiger partial charge in [0, 0.05) is 30.4 Å².